The third kappa shape index (κ3) is 3.88. The number of thiazole rings is 2. The summed E-state index contributed by atoms with van der Waals surface area (Å²) in [5, 5.41) is 16.3. The smallest absolute Gasteiger partial charge is 0.286 e. The van der Waals surface area contributed by atoms with Crippen LogP contribution < -0.4 is 5.56 Å². The van der Waals surface area contributed by atoms with E-state index in [0.29, 0.717) is 16.0 Å². The SMILES string of the molecule is Cc1ccc(-c2[nH]n(-c3nc(-c4ccccc4)cs3)c(=O)c2N=Nc2nccs2)cc1. The number of nitrogens with one attached hydrogen (secondary N) is 1. The second-order valence-electron chi connectivity index (χ2n) is 6.74. The van der Waals surface area contributed by atoms with Crippen molar-refractivity contribution in [2.75, 3.05) is 0 Å². The van der Waals surface area contributed by atoms with Gasteiger partial charge in [0, 0.05) is 28.1 Å². The number of aromatic amines is 1. The van der Waals surface area contributed by atoms with E-state index in [4.69, 9.17) is 0 Å². The lowest BCUT2D eigenvalue weighted by atomic mass is 10.1. The normalized spacial score (nSPS) is 11.4. The van der Waals surface area contributed by atoms with Crippen molar-refractivity contribution in [1.82, 2.24) is 19.7 Å². The minimum absolute atomic E-state index is 0.218. The molecule has 0 radical (unpaired) electrons. The predicted molar refractivity (Wildman–Crippen MR) is 124 cm³/mol. The van der Waals surface area contributed by atoms with Crippen LogP contribution in [0.3, 0.4) is 0 Å². The molecule has 3 aromatic heterocycles. The highest BCUT2D eigenvalue weighted by Crippen LogP contribution is 2.30. The highest BCUT2D eigenvalue weighted by Gasteiger charge is 2.19. The summed E-state index contributed by atoms with van der Waals surface area (Å²) in [7, 11) is 0. The van der Waals surface area contributed by atoms with Gasteiger partial charge in [-0.1, -0.05) is 60.2 Å². The third-order valence-electron chi connectivity index (χ3n) is 4.61. The number of benzene rings is 2. The molecule has 0 fully saturated rings. The molecule has 9 heteroatoms. The molecular formula is C22H16N6OS2. The van der Waals surface area contributed by atoms with Gasteiger partial charge in [-0.15, -0.1) is 32.9 Å². The standard InChI is InChI=1S/C22H16N6OS2/c1-14-7-9-16(10-8-14)18-19(25-26-21-23-11-12-30-21)20(29)28(27-18)22-24-17(13-31-22)15-5-3-2-4-6-15/h2-13,27H,1H3. The van der Waals surface area contributed by atoms with Crippen LogP contribution in [0, 0.1) is 6.92 Å². The van der Waals surface area contributed by atoms with Gasteiger partial charge in [0.15, 0.2) is 5.69 Å². The number of hydrogen-bond donors (Lipinski definition) is 1. The van der Waals surface area contributed by atoms with E-state index in [1.54, 1.807) is 6.20 Å². The fourth-order valence-electron chi connectivity index (χ4n) is 3.04. The van der Waals surface area contributed by atoms with Gasteiger partial charge in [-0.05, 0) is 6.92 Å². The monoisotopic (exact) mass is 444 g/mol. The zero-order valence-electron chi connectivity index (χ0n) is 16.4. The molecule has 0 unspecified atom stereocenters. The molecule has 0 atom stereocenters. The summed E-state index contributed by atoms with van der Waals surface area (Å²) in [5.41, 5.74) is 4.26. The molecule has 0 bridgehead atoms. The summed E-state index contributed by atoms with van der Waals surface area (Å²) in [6.45, 7) is 2.02. The van der Waals surface area contributed by atoms with E-state index in [0.717, 1.165) is 22.4 Å². The molecule has 0 spiro atoms. The molecule has 7 nitrogen and oxygen atoms in total. The molecular weight excluding hydrogens is 428 g/mol. The number of aryl methyl sites for hydroxylation is 1. The van der Waals surface area contributed by atoms with Crippen molar-refractivity contribution in [2.45, 2.75) is 6.92 Å². The molecule has 5 rings (SSSR count). The molecule has 31 heavy (non-hydrogen) atoms. The lowest BCUT2D eigenvalue weighted by Crippen LogP contribution is -2.13. The first kappa shape index (κ1) is 19.3. The van der Waals surface area contributed by atoms with Crippen molar-refractivity contribution in [3.05, 3.63) is 87.5 Å². The molecule has 0 aliphatic rings. The van der Waals surface area contributed by atoms with Crippen molar-refractivity contribution < 1.29 is 0 Å². The molecule has 0 saturated heterocycles. The maximum atomic E-state index is 13.3. The quantitative estimate of drug-likeness (QED) is 0.330. The second kappa shape index (κ2) is 8.21. The molecule has 1 N–H and O–H groups in total. The Morgan fingerprint density at radius 2 is 1.77 bits per heavy atom. The summed E-state index contributed by atoms with van der Waals surface area (Å²) in [6, 6.07) is 17.7. The van der Waals surface area contributed by atoms with E-state index in [9.17, 15) is 4.79 Å². The minimum atomic E-state index is -0.315. The fraction of sp³-hybridized carbons (Fsp3) is 0.0455. The molecule has 0 aliphatic carbocycles. The molecule has 0 amide bonds. The number of hydrogen-bond acceptors (Lipinski definition) is 7. The van der Waals surface area contributed by atoms with E-state index in [1.165, 1.54) is 27.4 Å². The predicted octanol–water partition coefficient (Wildman–Crippen LogP) is 6.14. The summed E-state index contributed by atoms with van der Waals surface area (Å²) in [5.74, 6) is 0. The van der Waals surface area contributed by atoms with E-state index < -0.39 is 0 Å². The second-order valence-corrected chi connectivity index (χ2v) is 8.45. The number of aromatic nitrogens is 4. The Morgan fingerprint density at radius 1 is 0.968 bits per heavy atom. The van der Waals surface area contributed by atoms with Crippen molar-refractivity contribution in [1.29, 1.82) is 0 Å². The van der Waals surface area contributed by atoms with Crippen LogP contribution >= 0.6 is 22.7 Å². The van der Waals surface area contributed by atoms with Gasteiger partial charge in [0.25, 0.3) is 0 Å². The number of azo groups is 1. The van der Waals surface area contributed by atoms with E-state index in [2.05, 4.69) is 25.3 Å². The van der Waals surface area contributed by atoms with Crippen molar-refractivity contribution >= 4 is 33.5 Å². The van der Waals surface area contributed by atoms with Crippen LogP contribution in [0.5, 0.6) is 0 Å². The van der Waals surface area contributed by atoms with Gasteiger partial charge in [-0.3, -0.25) is 9.89 Å². The Kier molecular flexibility index (Phi) is 5.11. The summed E-state index contributed by atoms with van der Waals surface area (Å²) < 4.78 is 1.42. The summed E-state index contributed by atoms with van der Waals surface area (Å²) in [4.78, 5) is 22.0. The van der Waals surface area contributed by atoms with Gasteiger partial charge in [0.05, 0.1) is 11.4 Å². The van der Waals surface area contributed by atoms with Crippen LogP contribution in [0.15, 0.2) is 86.6 Å². The first-order valence-electron chi connectivity index (χ1n) is 9.43. The first-order chi connectivity index (χ1) is 15.2. The molecule has 152 valence electrons. The van der Waals surface area contributed by atoms with Crippen LogP contribution in [-0.2, 0) is 0 Å². The largest absolute Gasteiger partial charge is 0.301 e. The van der Waals surface area contributed by atoms with Crippen molar-refractivity contribution in [3.63, 3.8) is 0 Å². The number of H-pyrrole nitrogens is 1. The van der Waals surface area contributed by atoms with Crippen LogP contribution in [0.4, 0.5) is 10.8 Å². The average Bonchev–Trinajstić information content (AvgIpc) is 3.54. The highest BCUT2D eigenvalue weighted by molar-refractivity contribution is 7.13. The topological polar surface area (TPSA) is 88.3 Å². The average molecular weight is 445 g/mol. The Bertz CT molecular complexity index is 1400. The van der Waals surface area contributed by atoms with Gasteiger partial charge in [-0.25, -0.2) is 9.97 Å². The van der Waals surface area contributed by atoms with E-state index >= 15 is 0 Å². The maximum absolute atomic E-state index is 13.3. The molecule has 3 heterocycles. The van der Waals surface area contributed by atoms with Crippen molar-refractivity contribution in [3.8, 4) is 27.6 Å². The van der Waals surface area contributed by atoms with E-state index in [1.807, 2.05) is 72.3 Å². The fourth-order valence-corrected chi connectivity index (χ4v) is 4.29. The zero-order chi connectivity index (χ0) is 21.2. The zero-order valence-corrected chi connectivity index (χ0v) is 18.0. The van der Waals surface area contributed by atoms with Gasteiger partial charge < -0.3 is 0 Å². The third-order valence-corrected chi connectivity index (χ3v) is 6.10. The lowest BCUT2D eigenvalue weighted by molar-refractivity contribution is 0.843. The Balaban J connectivity index is 1.62. The van der Waals surface area contributed by atoms with Crippen LogP contribution in [-0.4, -0.2) is 19.7 Å². The minimum Gasteiger partial charge on any atom is -0.286 e. The van der Waals surface area contributed by atoms with Gasteiger partial charge in [0.2, 0.25) is 10.3 Å². The highest BCUT2D eigenvalue weighted by atomic mass is 32.1. The molecule has 2 aromatic carbocycles. The number of nitrogens with zero attached hydrogens (tertiary/aromatic N) is 5. The number of rotatable bonds is 5. The first-order valence-corrected chi connectivity index (χ1v) is 11.2. The van der Waals surface area contributed by atoms with Gasteiger partial charge in [-0.2, -0.15) is 4.68 Å². The van der Waals surface area contributed by atoms with Crippen LogP contribution in [0.2, 0.25) is 0 Å². The Morgan fingerprint density at radius 3 is 2.52 bits per heavy atom. The maximum Gasteiger partial charge on any atom is 0.301 e. The molecule has 5 aromatic rings. The lowest BCUT2D eigenvalue weighted by Gasteiger charge is -2.00. The van der Waals surface area contributed by atoms with Crippen LogP contribution in [0.25, 0.3) is 27.6 Å². The Hall–Kier alpha value is -3.69. The Labute approximate surface area is 185 Å². The summed E-state index contributed by atoms with van der Waals surface area (Å²) in [6.07, 6.45) is 1.65. The molecule has 0 aliphatic heterocycles. The molecule has 0 saturated carbocycles. The summed E-state index contributed by atoms with van der Waals surface area (Å²) >= 11 is 2.74. The van der Waals surface area contributed by atoms with Gasteiger partial charge in [0.1, 0.15) is 0 Å². The van der Waals surface area contributed by atoms with Crippen molar-refractivity contribution in [2.24, 2.45) is 10.2 Å². The van der Waals surface area contributed by atoms with E-state index in [-0.39, 0.29) is 11.2 Å². The van der Waals surface area contributed by atoms with Crippen LogP contribution in [0.1, 0.15) is 5.56 Å². The van der Waals surface area contributed by atoms with Gasteiger partial charge >= 0.3 is 5.56 Å².